The van der Waals surface area contributed by atoms with Crippen LogP contribution in [-0.2, 0) is 4.74 Å². The molecule has 0 bridgehead atoms. The van der Waals surface area contributed by atoms with E-state index in [1.54, 1.807) is 6.20 Å². The van der Waals surface area contributed by atoms with E-state index in [2.05, 4.69) is 26.9 Å². The van der Waals surface area contributed by atoms with Gasteiger partial charge in [-0.25, -0.2) is 9.97 Å². The van der Waals surface area contributed by atoms with Gasteiger partial charge in [0.05, 0.1) is 19.3 Å². The van der Waals surface area contributed by atoms with Crippen LogP contribution in [0.15, 0.2) is 17.5 Å². The summed E-state index contributed by atoms with van der Waals surface area (Å²) in [4.78, 5) is 10.5. The summed E-state index contributed by atoms with van der Waals surface area (Å²) in [5, 5.41) is 11.8. The van der Waals surface area contributed by atoms with Gasteiger partial charge in [-0.1, -0.05) is 12.1 Å². The first-order valence-electron chi connectivity index (χ1n) is 5.91. The van der Waals surface area contributed by atoms with E-state index >= 15 is 0 Å². The van der Waals surface area contributed by atoms with Crippen LogP contribution in [0.1, 0.15) is 19.0 Å². The highest BCUT2D eigenvalue weighted by Gasteiger charge is 2.26. The zero-order chi connectivity index (χ0) is 13.0. The van der Waals surface area contributed by atoms with Gasteiger partial charge in [-0.3, -0.25) is 0 Å². The van der Waals surface area contributed by atoms with Crippen molar-refractivity contribution in [3.63, 3.8) is 0 Å². The molecule has 7 nitrogen and oxygen atoms in total. The molecule has 0 amide bonds. The maximum atomic E-state index is 8.79. The van der Waals surface area contributed by atoms with E-state index in [1.165, 1.54) is 6.20 Å². The Morgan fingerprint density at radius 3 is 3.11 bits per heavy atom. The van der Waals surface area contributed by atoms with Gasteiger partial charge in [0.25, 0.3) is 0 Å². The molecule has 98 valence electrons. The maximum absolute atomic E-state index is 8.79. The zero-order valence-electron chi connectivity index (χ0n) is 10.3. The number of anilines is 1. The molecule has 1 atom stereocenters. The monoisotopic (exact) mass is 251 g/mol. The molecule has 0 spiro atoms. The van der Waals surface area contributed by atoms with Crippen LogP contribution in [-0.4, -0.2) is 46.8 Å². The molecule has 0 aliphatic carbocycles. The number of ether oxygens (including phenoxy) is 1. The number of rotatable bonds is 3. The van der Waals surface area contributed by atoms with Crippen LogP contribution in [0, 0.1) is 0 Å². The largest absolute Gasteiger partial charge is 0.409 e. The topological polar surface area (TPSA) is 96.9 Å². The summed E-state index contributed by atoms with van der Waals surface area (Å²) in [5.74, 6) is 0.613. The Hall–Kier alpha value is -1.89. The van der Waals surface area contributed by atoms with Crippen molar-refractivity contribution >= 4 is 11.7 Å². The average molecular weight is 251 g/mol. The molecule has 2 heterocycles. The lowest BCUT2D eigenvalue weighted by molar-refractivity contribution is 0.0925. The number of morpholine rings is 1. The highest BCUT2D eigenvalue weighted by molar-refractivity contribution is 5.99. The molecule has 7 heteroatoms. The molecule has 0 aromatic carbocycles. The standard InChI is InChI=1S/C11H17N5O2/c1-2-8-7-18-6-5-16(8)11-9(10(12)15-17)13-3-4-14-11/h3-4,8,17H,2,5-7H2,1H3,(H2,12,15). The van der Waals surface area contributed by atoms with E-state index in [4.69, 9.17) is 15.7 Å². The molecule has 18 heavy (non-hydrogen) atoms. The van der Waals surface area contributed by atoms with Gasteiger partial charge in [0.2, 0.25) is 0 Å². The molecule has 1 fully saturated rings. The number of nitrogens with two attached hydrogens (primary N) is 1. The summed E-state index contributed by atoms with van der Waals surface area (Å²) in [7, 11) is 0. The van der Waals surface area contributed by atoms with Crippen molar-refractivity contribution in [2.75, 3.05) is 24.7 Å². The lowest BCUT2D eigenvalue weighted by Crippen LogP contribution is -2.46. The third kappa shape index (κ3) is 2.35. The van der Waals surface area contributed by atoms with Crippen molar-refractivity contribution in [1.82, 2.24) is 9.97 Å². The van der Waals surface area contributed by atoms with Gasteiger partial charge < -0.3 is 20.6 Å². The number of oxime groups is 1. The lowest BCUT2D eigenvalue weighted by atomic mass is 10.1. The Bertz CT molecular complexity index is 437. The van der Waals surface area contributed by atoms with E-state index in [0.717, 1.165) is 13.0 Å². The van der Waals surface area contributed by atoms with Crippen molar-refractivity contribution in [3.05, 3.63) is 18.1 Å². The van der Waals surface area contributed by atoms with Crippen LogP contribution in [0.4, 0.5) is 5.82 Å². The van der Waals surface area contributed by atoms with Crippen LogP contribution < -0.4 is 10.6 Å². The molecule has 3 N–H and O–H groups in total. The van der Waals surface area contributed by atoms with Crippen molar-refractivity contribution in [3.8, 4) is 0 Å². The lowest BCUT2D eigenvalue weighted by Gasteiger charge is -2.36. The second-order valence-electron chi connectivity index (χ2n) is 4.04. The van der Waals surface area contributed by atoms with Gasteiger partial charge in [0, 0.05) is 18.9 Å². The van der Waals surface area contributed by atoms with Gasteiger partial charge in [0.15, 0.2) is 17.3 Å². The van der Waals surface area contributed by atoms with Crippen molar-refractivity contribution in [2.24, 2.45) is 10.9 Å². The van der Waals surface area contributed by atoms with Crippen LogP contribution in [0.2, 0.25) is 0 Å². The first-order valence-corrected chi connectivity index (χ1v) is 5.91. The van der Waals surface area contributed by atoms with Gasteiger partial charge in [0.1, 0.15) is 0 Å². The van der Waals surface area contributed by atoms with Gasteiger partial charge >= 0.3 is 0 Å². The Morgan fingerprint density at radius 2 is 2.39 bits per heavy atom. The Morgan fingerprint density at radius 1 is 1.61 bits per heavy atom. The minimum Gasteiger partial charge on any atom is -0.409 e. The first-order chi connectivity index (χ1) is 8.77. The fourth-order valence-electron chi connectivity index (χ4n) is 2.04. The predicted molar refractivity (Wildman–Crippen MR) is 66.8 cm³/mol. The van der Waals surface area contributed by atoms with Crippen LogP contribution in [0.25, 0.3) is 0 Å². The highest BCUT2D eigenvalue weighted by atomic mass is 16.5. The third-order valence-corrected chi connectivity index (χ3v) is 3.00. The van der Waals surface area contributed by atoms with E-state index < -0.39 is 0 Å². The van der Waals surface area contributed by atoms with Gasteiger partial charge in [-0.15, -0.1) is 0 Å². The van der Waals surface area contributed by atoms with Gasteiger partial charge in [-0.05, 0) is 6.42 Å². The molecule has 2 rings (SSSR count). The smallest absolute Gasteiger partial charge is 0.192 e. The molecular weight excluding hydrogens is 234 g/mol. The Balaban J connectivity index is 2.37. The van der Waals surface area contributed by atoms with Gasteiger partial charge in [-0.2, -0.15) is 0 Å². The summed E-state index contributed by atoms with van der Waals surface area (Å²) in [5.41, 5.74) is 6.03. The Kier molecular flexibility index (Phi) is 3.93. The minimum atomic E-state index is -0.0283. The van der Waals surface area contributed by atoms with Crippen molar-refractivity contribution < 1.29 is 9.94 Å². The molecule has 0 saturated carbocycles. The molecule has 1 aliphatic heterocycles. The van der Waals surface area contributed by atoms with Crippen molar-refractivity contribution in [1.29, 1.82) is 0 Å². The number of nitrogens with zero attached hydrogens (tertiary/aromatic N) is 4. The number of aromatic nitrogens is 2. The molecule has 1 unspecified atom stereocenters. The Labute approximate surface area is 105 Å². The SMILES string of the molecule is CCC1COCCN1c1nccnc1C(N)=NO. The molecule has 1 aromatic rings. The average Bonchev–Trinajstić information content (AvgIpc) is 2.46. The molecular formula is C11H17N5O2. The van der Waals surface area contributed by atoms with E-state index in [0.29, 0.717) is 24.7 Å². The van der Waals surface area contributed by atoms with E-state index in [1.807, 2.05) is 0 Å². The fraction of sp³-hybridized carbons (Fsp3) is 0.545. The summed E-state index contributed by atoms with van der Waals surface area (Å²) >= 11 is 0. The second-order valence-corrected chi connectivity index (χ2v) is 4.04. The summed E-state index contributed by atoms with van der Waals surface area (Å²) in [6, 6.07) is 0.237. The molecule has 0 radical (unpaired) electrons. The second kappa shape index (κ2) is 5.63. The van der Waals surface area contributed by atoms with E-state index in [9.17, 15) is 0 Å². The van der Waals surface area contributed by atoms with E-state index in [-0.39, 0.29) is 11.9 Å². The zero-order valence-corrected chi connectivity index (χ0v) is 10.3. The maximum Gasteiger partial charge on any atom is 0.192 e. The first kappa shape index (κ1) is 12.6. The summed E-state index contributed by atoms with van der Waals surface area (Å²) in [6.45, 7) is 4.11. The fourth-order valence-corrected chi connectivity index (χ4v) is 2.04. The third-order valence-electron chi connectivity index (χ3n) is 3.00. The highest BCUT2D eigenvalue weighted by Crippen LogP contribution is 2.21. The summed E-state index contributed by atoms with van der Waals surface area (Å²) in [6.07, 6.45) is 4.07. The molecule has 1 aromatic heterocycles. The normalized spacial score (nSPS) is 21.1. The number of hydrogen-bond donors (Lipinski definition) is 2. The summed E-state index contributed by atoms with van der Waals surface area (Å²) < 4.78 is 5.45. The molecule has 1 saturated heterocycles. The predicted octanol–water partition coefficient (Wildman–Crippen LogP) is 0.186. The molecule has 1 aliphatic rings. The number of amidine groups is 1. The quantitative estimate of drug-likeness (QED) is 0.344. The van der Waals surface area contributed by atoms with Crippen LogP contribution in [0.3, 0.4) is 0 Å². The van der Waals surface area contributed by atoms with Crippen LogP contribution in [0.5, 0.6) is 0 Å². The number of hydrogen-bond acceptors (Lipinski definition) is 6. The minimum absolute atomic E-state index is 0.0283. The van der Waals surface area contributed by atoms with Crippen LogP contribution >= 0.6 is 0 Å². The van der Waals surface area contributed by atoms with Crippen molar-refractivity contribution in [2.45, 2.75) is 19.4 Å².